The standard InChI is InChI=1S/C23H26FN3O3S/c1-31(29,30)12-11-20(16-7-8-16)26-23(28)18-13-19(24)21(17-9-10-17)27-22(18)25-14-15-5-3-2-4-6-15/h2-6,11-13,16-17,20H,7-10,14H2,1H3,(H,25,27)(H,26,28)/b12-11+/t20-/m1/s1/i14D2. The highest BCUT2D eigenvalue weighted by Crippen LogP contribution is 2.41. The van der Waals surface area contributed by atoms with Crippen LogP contribution in [0.2, 0.25) is 0 Å². The molecule has 2 saturated carbocycles. The van der Waals surface area contributed by atoms with Crippen LogP contribution in [-0.4, -0.2) is 31.6 Å². The van der Waals surface area contributed by atoms with Crippen molar-refractivity contribution in [2.24, 2.45) is 5.92 Å². The first-order valence-electron chi connectivity index (χ1n) is 11.3. The van der Waals surface area contributed by atoms with Crippen molar-refractivity contribution in [1.29, 1.82) is 0 Å². The smallest absolute Gasteiger partial charge is 0.255 e. The van der Waals surface area contributed by atoms with Crippen LogP contribution < -0.4 is 10.6 Å². The predicted molar refractivity (Wildman–Crippen MR) is 118 cm³/mol. The van der Waals surface area contributed by atoms with E-state index in [4.69, 9.17) is 2.74 Å². The van der Waals surface area contributed by atoms with Crippen molar-refractivity contribution < 1.29 is 20.3 Å². The second-order valence-electron chi connectivity index (χ2n) is 8.14. The minimum atomic E-state index is -3.37. The molecular formula is C23H26FN3O3S. The third kappa shape index (κ3) is 5.91. The number of anilines is 1. The number of aromatic nitrogens is 1. The number of carbonyl (C=O) groups excluding carboxylic acids is 1. The van der Waals surface area contributed by atoms with E-state index >= 15 is 0 Å². The van der Waals surface area contributed by atoms with Crippen molar-refractivity contribution in [1.82, 2.24) is 10.3 Å². The first-order chi connectivity index (χ1) is 15.5. The minimum Gasteiger partial charge on any atom is -0.365 e. The summed E-state index contributed by atoms with van der Waals surface area (Å²) in [5.74, 6) is -1.25. The third-order valence-corrected chi connectivity index (χ3v) is 5.92. The highest BCUT2D eigenvalue weighted by Gasteiger charge is 2.33. The summed E-state index contributed by atoms with van der Waals surface area (Å²) in [5.41, 5.74) is 0.422. The topological polar surface area (TPSA) is 88.2 Å². The zero-order valence-corrected chi connectivity index (χ0v) is 18.0. The lowest BCUT2D eigenvalue weighted by Crippen LogP contribution is -2.35. The molecule has 0 aliphatic heterocycles. The number of hydrogen-bond acceptors (Lipinski definition) is 5. The summed E-state index contributed by atoms with van der Waals surface area (Å²) >= 11 is 0. The third-order valence-electron chi connectivity index (χ3n) is 5.27. The average Bonchev–Trinajstić information content (AvgIpc) is 3.65. The summed E-state index contributed by atoms with van der Waals surface area (Å²) in [5, 5.41) is 6.51. The van der Waals surface area contributed by atoms with Gasteiger partial charge in [-0.25, -0.2) is 17.8 Å². The zero-order valence-electron chi connectivity index (χ0n) is 19.1. The fourth-order valence-corrected chi connectivity index (χ4v) is 3.76. The van der Waals surface area contributed by atoms with Gasteiger partial charge in [-0.05, 0) is 43.2 Å². The maximum Gasteiger partial charge on any atom is 0.255 e. The van der Waals surface area contributed by atoms with Gasteiger partial charge in [0.05, 0.1) is 20.0 Å². The molecule has 1 aromatic carbocycles. The van der Waals surface area contributed by atoms with Gasteiger partial charge < -0.3 is 10.6 Å². The van der Waals surface area contributed by atoms with Crippen LogP contribution >= 0.6 is 0 Å². The van der Waals surface area contributed by atoms with E-state index < -0.39 is 34.1 Å². The largest absolute Gasteiger partial charge is 0.365 e. The normalized spacial score (nSPS) is 18.9. The second kappa shape index (κ2) is 8.78. The number of hydrogen-bond donors (Lipinski definition) is 2. The summed E-state index contributed by atoms with van der Waals surface area (Å²) in [7, 11) is -3.37. The van der Waals surface area contributed by atoms with Crippen molar-refractivity contribution in [3.63, 3.8) is 0 Å². The number of sulfone groups is 1. The van der Waals surface area contributed by atoms with Gasteiger partial charge in [0.1, 0.15) is 11.6 Å². The first kappa shape index (κ1) is 19.0. The van der Waals surface area contributed by atoms with E-state index in [1.807, 2.05) is 0 Å². The number of nitrogens with zero attached hydrogens (tertiary/aromatic N) is 1. The van der Waals surface area contributed by atoms with Crippen LogP contribution in [0.1, 0.15) is 56.0 Å². The number of nitrogens with one attached hydrogen (secondary N) is 2. The second-order valence-corrected chi connectivity index (χ2v) is 10.1. The molecule has 2 N–H and O–H groups in total. The monoisotopic (exact) mass is 445 g/mol. The Morgan fingerprint density at radius 3 is 2.61 bits per heavy atom. The summed E-state index contributed by atoms with van der Waals surface area (Å²) in [6.45, 7) is -2.06. The van der Waals surface area contributed by atoms with Gasteiger partial charge in [0, 0.05) is 24.1 Å². The zero-order chi connectivity index (χ0) is 23.8. The Morgan fingerprint density at radius 1 is 1.29 bits per heavy atom. The van der Waals surface area contributed by atoms with E-state index in [9.17, 15) is 17.6 Å². The molecule has 1 atom stereocenters. The number of pyridine rings is 1. The van der Waals surface area contributed by atoms with E-state index in [2.05, 4.69) is 15.6 Å². The van der Waals surface area contributed by atoms with Crippen LogP contribution in [0.25, 0.3) is 0 Å². The van der Waals surface area contributed by atoms with Crippen molar-refractivity contribution >= 4 is 21.6 Å². The van der Waals surface area contributed by atoms with Gasteiger partial charge >= 0.3 is 0 Å². The molecule has 2 aliphatic carbocycles. The van der Waals surface area contributed by atoms with Gasteiger partial charge in [0.2, 0.25) is 0 Å². The number of halogens is 1. The molecule has 0 spiro atoms. The summed E-state index contributed by atoms with van der Waals surface area (Å²) in [4.78, 5) is 17.5. The highest BCUT2D eigenvalue weighted by molar-refractivity contribution is 7.93. The molecule has 0 unspecified atom stereocenters. The van der Waals surface area contributed by atoms with Crippen molar-refractivity contribution in [3.8, 4) is 0 Å². The highest BCUT2D eigenvalue weighted by atomic mass is 32.2. The molecule has 8 heteroatoms. The van der Waals surface area contributed by atoms with Gasteiger partial charge in [0.25, 0.3) is 5.91 Å². The van der Waals surface area contributed by atoms with Crippen LogP contribution in [0.4, 0.5) is 10.2 Å². The molecule has 6 nitrogen and oxygen atoms in total. The van der Waals surface area contributed by atoms with Gasteiger partial charge in [-0.15, -0.1) is 0 Å². The molecule has 0 saturated heterocycles. The van der Waals surface area contributed by atoms with Gasteiger partial charge in [-0.1, -0.05) is 36.4 Å². The molecule has 2 fully saturated rings. The summed E-state index contributed by atoms with van der Waals surface area (Å²) in [6.07, 6.45) is 5.77. The van der Waals surface area contributed by atoms with E-state index in [0.29, 0.717) is 5.56 Å². The SMILES string of the molecule is [2H]C([2H])(Nc1nc(C2CC2)c(F)cc1C(=O)N[C@H](/C=C/S(C)(=O)=O)C1CC1)c1ccccc1. The van der Waals surface area contributed by atoms with Crippen LogP contribution in [0.15, 0.2) is 47.9 Å². The molecule has 1 heterocycles. The molecule has 2 aliphatic rings. The Hall–Kier alpha value is -2.74. The predicted octanol–water partition coefficient (Wildman–Crippen LogP) is 3.78. The Kier molecular flexibility index (Phi) is 5.38. The first-order valence-corrected chi connectivity index (χ1v) is 12.2. The fraction of sp³-hybridized carbons (Fsp3) is 0.391. The van der Waals surface area contributed by atoms with Crippen LogP contribution in [0, 0.1) is 11.7 Å². The number of carbonyl (C=O) groups is 1. The molecule has 1 aromatic heterocycles. The molecule has 0 radical (unpaired) electrons. The van der Waals surface area contributed by atoms with Crippen LogP contribution in [0.5, 0.6) is 0 Å². The van der Waals surface area contributed by atoms with Crippen LogP contribution in [0.3, 0.4) is 0 Å². The van der Waals surface area contributed by atoms with Gasteiger partial charge in [-0.3, -0.25) is 4.79 Å². The molecule has 0 bridgehead atoms. The molecule has 164 valence electrons. The Balaban J connectivity index is 1.66. The van der Waals surface area contributed by atoms with Crippen molar-refractivity contribution in [3.05, 3.63) is 70.5 Å². The van der Waals surface area contributed by atoms with E-state index in [-0.39, 0.29) is 28.9 Å². The lowest BCUT2D eigenvalue weighted by Gasteiger charge is -2.17. The lowest BCUT2D eigenvalue weighted by atomic mass is 10.1. The Labute approximate surface area is 184 Å². The Bertz CT molecular complexity index is 1180. The molecule has 31 heavy (non-hydrogen) atoms. The fourth-order valence-electron chi connectivity index (χ4n) is 3.30. The quantitative estimate of drug-likeness (QED) is 0.613. The van der Waals surface area contributed by atoms with Gasteiger partial charge in [0.15, 0.2) is 9.84 Å². The number of amides is 1. The van der Waals surface area contributed by atoms with Crippen molar-refractivity contribution in [2.45, 2.75) is 44.1 Å². The molecule has 2 aromatic rings. The lowest BCUT2D eigenvalue weighted by molar-refractivity contribution is 0.0940. The Morgan fingerprint density at radius 2 is 2.00 bits per heavy atom. The van der Waals surface area contributed by atoms with E-state index in [0.717, 1.165) is 43.4 Å². The van der Waals surface area contributed by atoms with Gasteiger partial charge in [-0.2, -0.15) is 0 Å². The molecular weight excluding hydrogens is 417 g/mol. The maximum absolute atomic E-state index is 14.8. The summed E-state index contributed by atoms with van der Waals surface area (Å²) < 4.78 is 54.7. The number of benzene rings is 1. The molecule has 4 rings (SSSR count). The number of rotatable bonds is 9. The van der Waals surface area contributed by atoms with Crippen molar-refractivity contribution in [2.75, 3.05) is 11.6 Å². The maximum atomic E-state index is 14.8. The minimum absolute atomic E-state index is 0.0397. The van der Waals surface area contributed by atoms with E-state index in [1.54, 1.807) is 30.3 Å². The summed E-state index contributed by atoms with van der Waals surface area (Å²) in [6, 6.07) is 8.94. The van der Waals surface area contributed by atoms with E-state index in [1.165, 1.54) is 6.08 Å². The average molecular weight is 446 g/mol. The molecule has 1 amide bonds. The van der Waals surface area contributed by atoms with Crippen LogP contribution in [-0.2, 0) is 16.3 Å².